The van der Waals surface area contributed by atoms with Crippen molar-refractivity contribution in [3.05, 3.63) is 30.0 Å². The molecule has 0 aliphatic carbocycles. The van der Waals surface area contributed by atoms with Gasteiger partial charge in [0.25, 0.3) is 0 Å². The zero-order valence-electron chi connectivity index (χ0n) is 16.1. The molecule has 2 aromatic rings. The summed E-state index contributed by atoms with van der Waals surface area (Å²) in [4.78, 5) is 26.2. The van der Waals surface area contributed by atoms with E-state index >= 15 is 0 Å². The van der Waals surface area contributed by atoms with Gasteiger partial charge >= 0.3 is 12.1 Å². The molecule has 11 heteroatoms. The van der Waals surface area contributed by atoms with Crippen LogP contribution in [0.1, 0.15) is 18.4 Å². The fourth-order valence-electron chi connectivity index (χ4n) is 3.16. The van der Waals surface area contributed by atoms with Gasteiger partial charge in [0.1, 0.15) is 11.8 Å². The second-order valence-electron chi connectivity index (χ2n) is 6.66. The van der Waals surface area contributed by atoms with Crippen LogP contribution in [0.15, 0.2) is 24.4 Å². The van der Waals surface area contributed by atoms with Crippen LogP contribution in [0.5, 0.6) is 5.75 Å². The summed E-state index contributed by atoms with van der Waals surface area (Å²) in [5, 5.41) is 17.2. The molecule has 8 nitrogen and oxygen atoms in total. The molecule has 0 saturated carbocycles. The van der Waals surface area contributed by atoms with Crippen LogP contribution in [0.4, 0.5) is 13.2 Å². The van der Waals surface area contributed by atoms with Crippen LogP contribution in [-0.2, 0) is 16.0 Å². The van der Waals surface area contributed by atoms with E-state index in [1.807, 2.05) is 24.4 Å². The van der Waals surface area contributed by atoms with Gasteiger partial charge in [0.15, 0.2) is 0 Å². The molecule has 4 N–H and O–H groups in total. The van der Waals surface area contributed by atoms with Crippen LogP contribution in [0, 0.1) is 11.3 Å². The van der Waals surface area contributed by atoms with Crippen molar-refractivity contribution in [2.75, 3.05) is 13.7 Å². The number of rotatable bonds is 4. The van der Waals surface area contributed by atoms with Crippen LogP contribution < -0.4 is 10.5 Å². The summed E-state index contributed by atoms with van der Waals surface area (Å²) in [7, 11) is 1.62. The number of aromatic amines is 1. The Morgan fingerprint density at radius 1 is 1.47 bits per heavy atom. The van der Waals surface area contributed by atoms with Gasteiger partial charge in [-0.1, -0.05) is 0 Å². The summed E-state index contributed by atoms with van der Waals surface area (Å²) < 4.78 is 37.0. The third-order valence-electron chi connectivity index (χ3n) is 4.66. The molecule has 3 rings (SSSR count). The minimum absolute atomic E-state index is 0.147. The first-order chi connectivity index (χ1) is 14.1. The maximum Gasteiger partial charge on any atom is 0.490 e. The fourth-order valence-corrected chi connectivity index (χ4v) is 3.16. The van der Waals surface area contributed by atoms with Gasteiger partial charge in [0.2, 0.25) is 5.91 Å². The molecule has 0 unspecified atom stereocenters. The van der Waals surface area contributed by atoms with Gasteiger partial charge in [-0.05, 0) is 43.0 Å². The highest BCUT2D eigenvalue weighted by Gasteiger charge is 2.38. The number of carbonyl (C=O) groups is 2. The SMILES string of the molecule is COc1ccc2[nH]cc(C[C@H](N)C(=O)N3CCC[C@H]3C#N)c2c1.O=C(O)C(F)(F)F. The number of likely N-dealkylation sites (tertiary alicyclic amines) is 1. The number of methoxy groups -OCH3 is 1. The van der Waals surface area contributed by atoms with E-state index in [0.717, 1.165) is 35.1 Å². The van der Waals surface area contributed by atoms with Crippen molar-refractivity contribution >= 4 is 22.8 Å². The smallest absolute Gasteiger partial charge is 0.490 e. The lowest BCUT2D eigenvalue weighted by Crippen LogP contribution is -2.46. The Labute approximate surface area is 170 Å². The first-order valence-corrected chi connectivity index (χ1v) is 8.98. The summed E-state index contributed by atoms with van der Waals surface area (Å²) in [6.45, 7) is 0.618. The van der Waals surface area contributed by atoms with Gasteiger partial charge in [-0.25, -0.2) is 4.79 Å². The predicted molar refractivity (Wildman–Crippen MR) is 101 cm³/mol. The number of hydrogen-bond donors (Lipinski definition) is 3. The Morgan fingerprint density at radius 3 is 2.70 bits per heavy atom. The second kappa shape index (κ2) is 9.49. The van der Waals surface area contributed by atoms with Crippen molar-refractivity contribution in [2.45, 2.75) is 37.5 Å². The molecular formula is C19H21F3N4O4. The van der Waals surface area contributed by atoms with Gasteiger partial charge in [-0.3, -0.25) is 4.79 Å². The van der Waals surface area contributed by atoms with Crippen molar-refractivity contribution in [1.29, 1.82) is 5.26 Å². The fraction of sp³-hybridized carbons (Fsp3) is 0.421. The molecule has 2 heterocycles. The Hall–Kier alpha value is -3.26. The number of carboxylic acid groups (broad SMARTS) is 1. The van der Waals surface area contributed by atoms with Crippen molar-refractivity contribution < 1.29 is 32.6 Å². The average molecular weight is 426 g/mol. The van der Waals surface area contributed by atoms with Crippen molar-refractivity contribution in [3.63, 3.8) is 0 Å². The Bertz CT molecular complexity index is 951. The summed E-state index contributed by atoms with van der Waals surface area (Å²) in [6.07, 6.45) is -1.18. The predicted octanol–water partition coefficient (Wildman–Crippen LogP) is 2.19. The highest BCUT2D eigenvalue weighted by atomic mass is 19.4. The third-order valence-corrected chi connectivity index (χ3v) is 4.66. The summed E-state index contributed by atoms with van der Waals surface area (Å²) in [5.74, 6) is -2.14. The molecule has 1 fully saturated rings. The Kier molecular flexibility index (Phi) is 7.28. The number of fused-ring (bicyclic) bond motifs is 1. The highest BCUT2D eigenvalue weighted by molar-refractivity contribution is 5.87. The number of carbonyl (C=O) groups excluding carboxylic acids is 1. The van der Waals surface area contributed by atoms with Crippen molar-refractivity contribution in [1.82, 2.24) is 9.88 Å². The average Bonchev–Trinajstić information content (AvgIpc) is 3.33. The normalized spacial score (nSPS) is 17.1. The largest absolute Gasteiger partial charge is 0.497 e. The number of nitrogens with one attached hydrogen (secondary N) is 1. The minimum atomic E-state index is -5.08. The van der Waals surface area contributed by atoms with E-state index in [1.165, 1.54) is 0 Å². The summed E-state index contributed by atoms with van der Waals surface area (Å²) in [5.41, 5.74) is 8.08. The molecule has 0 spiro atoms. The lowest BCUT2D eigenvalue weighted by atomic mass is 10.0. The zero-order valence-corrected chi connectivity index (χ0v) is 16.1. The van der Waals surface area contributed by atoms with E-state index in [-0.39, 0.29) is 11.9 Å². The monoisotopic (exact) mass is 426 g/mol. The molecule has 2 atom stereocenters. The number of aliphatic carboxylic acids is 1. The molecule has 1 saturated heterocycles. The molecule has 1 amide bonds. The van der Waals surface area contributed by atoms with Crippen LogP contribution in [-0.4, -0.2) is 58.8 Å². The second-order valence-corrected chi connectivity index (χ2v) is 6.66. The van der Waals surface area contributed by atoms with Crippen LogP contribution in [0.2, 0.25) is 0 Å². The summed E-state index contributed by atoms with van der Waals surface area (Å²) >= 11 is 0. The molecule has 30 heavy (non-hydrogen) atoms. The number of benzene rings is 1. The highest BCUT2D eigenvalue weighted by Crippen LogP contribution is 2.25. The maximum absolute atomic E-state index is 12.5. The van der Waals surface area contributed by atoms with Crippen molar-refractivity contribution in [3.8, 4) is 11.8 Å². The quantitative estimate of drug-likeness (QED) is 0.687. The van der Waals surface area contributed by atoms with Crippen LogP contribution in [0.25, 0.3) is 10.9 Å². The molecule has 0 radical (unpaired) electrons. The molecule has 1 aliphatic heterocycles. The number of nitrogens with zero attached hydrogens (tertiary/aromatic N) is 2. The number of nitriles is 1. The molecule has 162 valence electrons. The van der Waals surface area contributed by atoms with Crippen molar-refractivity contribution in [2.24, 2.45) is 5.73 Å². The first kappa shape index (κ1) is 23.0. The van der Waals surface area contributed by atoms with E-state index in [4.69, 9.17) is 25.6 Å². The number of ether oxygens (including phenoxy) is 1. The number of nitrogens with two attached hydrogens (primary N) is 1. The molecule has 1 aromatic carbocycles. The lowest BCUT2D eigenvalue weighted by Gasteiger charge is -2.23. The van der Waals surface area contributed by atoms with E-state index < -0.39 is 18.2 Å². The summed E-state index contributed by atoms with van der Waals surface area (Å²) in [6, 6.07) is 6.96. The van der Waals surface area contributed by atoms with Crippen LogP contribution >= 0.6 is 0 Å². The Balaban J connectivity index is 0.000000396. The number of carboxylic acids is 1. The lowest BCUT2D eigenvalue weighted by molar-refractivity contribution is -0.192. The topological polar surface area (TPSA) is 132 Å². The maximum atomic E-state index is 12.5. The zero-order chi connectivity index (χ0) is 22.5. The Morgan fingerprint density at radius 2 is 2.13 bits per heavy atom. The molecule has 1 aliphatic rings. The van der Waals surface area contributed by atoms with Gasteiger partial charge in [0, 0.05) is 23.6 Å². The molecule has 0 bridgehead atoms. The van der Waals surface area contributed by atoms with E-state index in [0.29, 0.717) is 13.0 Å². The first-order valence-electron chi connectivity index (χ1n) is 8.98. The van der Waals surface area contributed by atoms with Gasteiger partial charge in [-0.2, -0.15) is 18.4 Å². The number of halogens is 3. The molecule has 1 aromatic heterocycles. The minimum Gasteiger partial charge on any atom is -0.497 e. The number of H-pyrrole nitrogens is 1. The number of amides is 1. The van der Waals surface area contributed by atoms with Gasteiger partial charge in [0.05, 0.1) is 19.2 Å². The number of alkyl halides is 3. The standard InChI is InChI=1S/C17H20N4O2.C2HF3O2/c1-23-13-4-5-16-14(8-13)11(10-20-16)7-15(19)17(22)21-6-2-3-12(21)9-18;3-2(4,5)1(6)7/h4-5,8,10,12,15,20H,2-3,6-7,19H2,1H3;(H,6,7)/t12-,15-;/m0./s1. The van der Waals surface area contributed by atoms with Gasteiger partial charge in [-0.15, -0.1) is 0 Å². The third kappa shape index (κ3) is 5.42. The van der Waals surface area contributed by atoms with E-state index in [1.54, 1.807) is 12.0 Å². The van der Waals surface area contributed by atoms with Crippen LogP contribution in [0.3, 0.4) is 0 Å². The van der Waals surface area contributed by atoms with Gasteiger partial charge < -0.3 is 25.5 Å². The van der Waals surface area contributed by atoms with E-state index in [2.05, 4.69) is 11.1 Å². The number of aromatic nitrogens is 1. The number of hydrogen-bond acceptors (Lipinski definition) is 5. The van der Waals surface area contributed by atoms with E-state index in [9.17, 15) is 18.0 Å². The molecular weight excluding hydrogens is 405 g/mol.